The second-order valence-electron chi connectivity index (χ2n) is 11.6. The van der Waals surface area contributed by atoms with Gasteiger partial charge in [0.1, 0.15) is 5.82 Å². The van der Waals surface area contributed by atoms with Crippen LogP contribution in [0.3, 0.4) is 0 Å². The number of pyridine rings is 1. The third kappa shape index (κ3) is 6.50. The van der Waals surface area contributed by atoms with Crippen molar-refractivity contribution in [1.82, 2.24) is 20.2 Å². The number of aliphatic imine (C=N–C) groups is 1. The van der Waals surface area contributed by atoms with E-state index in [9.17, 15) is 4.79 Å². The van der Waals surface area contributed by atoms with E-state index in [1.165, 1.54) is 31.4 Å². The lowest BCUT2D eigenvalue weighted by molar-refractivity contribution is -0.122. The summed E-state index contributed by atoms with van der Waals surface area (Å²) in [5.74, 6) is 1.31. The number of aromatic nitrogens is 2. The molecule has 1 aliphatic carbocycles. The highest BCUT2D eigenvalue weighted by Crippen LogP contribution is 2.34. The van der Waals surface area contributed by atoms with Crippen LogP contribution >= 0.6 is 0 Å². The van der Waals surface area contributed by atoms with Crippen molar-refractivity contribution in [3.8, 4) is 0 Å². The number of piperidine rings is 1. The molecule has 8 nitrogen and oxygen atoms in total. The Morgan fingerprint density at radius 3 is 2.87 bits per heavy atom. The standard InChI is InChI=1S/C31H43N7O/c1-31(11-7-23(8-12-31)25(19-32)20-34-13-3-5-22-9-14-33-15-10-22)30(39)37-29-18-26-24(21-35-29)17-27(36-26)28-6-4-16-38(28)2/h7-8,11,17-22,28,33,36H,3-6,9-10,12-16,32H2,1-2H3,(H,35,37,39)/b25-19+,34-20?. The van der Waals surface area contributed by atoms with E-state index in [-0.39, 0.29) is 5.91 Å². The number of rotatable bonds is 9. The molecule has 0 bridgehead atoms. The number of hydrogen-bond acceptors (Lipinski definition) is 6. The number of nitrogens with one attached hydrogen (secondary N) is 3. The van der Waals surface area contributed by atoms with Gasteiger partial charge in [0.2, 0.25) is 5.91 Å². The number of likely N-dealkylation sites (tertiary alicyclic amines) is 1. The fraction of sp³-hybridized carbons (Fsp3) is 0.516. The number of H-pyrrole nitrogens is 1. The first-order chi connectivity index (χ1) is 18.9. The Labute approximate surface area is 231 Å². The van der Waals surface area contributed by atoms with Gasteiger partial charge in [-0.3, -0.25) is 14.7 Å². The zero-order valence-electron chi connectivity index (χ0n) is 23.4. The summed E-state index contributed by atoms with van der Waals surface area (Å²) in [4.78, 5) is 28.4. The molecule has 1 amide bonds. The number of fused-ring (bicyclic) bond motifs is 1. The fourth-order valence-corrected chi connectivity index (χ4v) is 5.99. The van der Waals surface area contributed by atoms with Crippen molar-refractivity contribution in [2.24, 2.45) is 22.1 Å². The van der Waals surface area contributed by atoms with Gasteiger partial charge in [0.05, 0.1) is 10.9 Å². The lowest BCUT2D eigenvalue weighted by Gasteiger charge is -2.26. The van der Waals surface area contributed by atoms with Crippen molar-refractivity contribution >= 4 is 28.8 Å². The van der Waals surface area contributed by atoms with Gasteiger partial charge in [0.15, 0.2) is 0 Å². The Bertz CT molecular complexity index is 1280. The van der Waals surface area contributed by atoms with Gasteiger partial charge >= 0.3 is 0 Å². The van der Waals surface area contributed by atoms with E-state index in [1.54, 1.807) is 6.20 Å². The minimum Gasteiger partial charge on any atom is -0.404 e. The molecular formula is C31H43N7O. The molecule has 0 radical (unpaired) electrons. The third-order valence-electron chi connectivity index (χ3n) is 8.64. The van der Waals surface area contributed by atoms with E-state index in [4.69, 9.17) is 5.73 Å². The molecule has 0 saturated carbocycles. The number of aromatic amines is 1. The van der Waals surface area contributed by atoms with Crippen molar-refractivity contribution in [2.75, 3.05) is 38.5 Å². The summed E-state index contributed by atoms with van der Waals surface area (Å²) in [5, 5.41) is 7.52. The maximum Gasteiger partial charge on any atom is 0.235 e. The first-order valence-corrected chi connectivity index (χ1v) is 14.5. The monoisotopic (exact) mass is 529 g/mol. The number of amides is 1. The van der Waals surface area contributed by atoms with Crippen LogP contribution in [0.2, 0.25) is 0 Å². The first kappa shape index (κ1) is 27.3. The Kier molecular flexibility index (Phi) is 8.63. The molecule has 5 rings (SSSR count). The molecule has 2 unspecified atom stereocenters. The highest BCUT2D eigenvalue weighted by molar-refractivity contribution is 5.98. The minimum absolute atomic E-state index is 0.0759. The summed E-state index contributed by atoms with van der Waals surface area (Å²) in [7, 11) is 2.17. The Balaban J connectivity index is 1.15. The molecule has 2 fully saturated rings. The fourth-order valence-electron chi connectivity index (χ4n) is 5.99. The van der Waals surface area contributed by atoms with Gasteiger partial charge in [-0.2, -0.15) is 0 Å². The van der Waals surface area contributed by atoms with Crippen molar-refractivity contribution in [3.63, 3.8) is 0 Å². The maximum atomic E-state index is 13.3. The minimum atomic E-state index is -0.667. The summed E-state index contributed by atoms with van der Waals surface area (Å²) in [6.07, 6.45) is 19.2. The van der Waals surface area contributed by atoms with E-state index in [1.807, 2.05) is 37.6 Å². The van der Waals surface area contributed by atoms with Crippen LogP contribution in [0.5, 0.6) is 0 Å². The van der Waals surface area contributed by atoms with Crippen LogP contribution in [-0.2, 0) is 4.79 Å². The van der Waals surface area contributed by atoms with Crippen molar-refractivity contribution in [1.29, 1.82) is 0 Å². The van der Waals surface area contributed by atoms with Gasteiger partial charge in [-0.25, -0.2) is 4.98 Å². The number of hydrogen-bond donors (Lipinski definition) is 4. The average Bonchev–Trinajstić information content (AvgIpc) is 3.57. The van der Waals surface area contributed by atoms with Crippen LogP contribution in [0.4, 0.5) is 5.82 Å². The molecule has 2 atom stereocenters. The molecule has 2 aromatic heterocycles. The molecule has 5 N–H and O–H groups in total. The molecule has 4 heterocycles. The Hall–Kier alpha value is -3.23. The molecule has 208 valence electrons. The molecule has 0 aromatic carbocycles. The molecule has 0 spiro atoms. The maximum absolute atomic E-state index is 13.3. The van der Waals surface area contributed by atoms with Gasteiger partial charge in [-0.1, -0.05) is 18.2 Å². The number of nitrogens with zero attached hydrogens (tertiary/aromatic N) is 3. The largest absolute Gasteiger partial charge is 0.404 e. The number of anilines is 1. The summed E-state index contributed by atoms with van der Waals surface area (Å²) in [6.45, 7) is 6.17. The number of carbonyl (C=O) groups is 1. The van der Waals surface area contributed by atoms with E-state index >= 15 is 0 Å². The number of allylic oxidation sites excluding steroid dienone is 4. The summed E-state index contributed by atoms with van der Waals surface area (Å²) >= 11 is 0. The molecule has 2 saturated heterocycles. The summed E-state index contributed by atoms with van der Waals surface area (Å²) in [5.41, 5.74) is 9.36. The quantitative estimate of drug-likeness (QED) is 0.274. The highest BCUT2D eigenvalue weighted by Gasteiger charge is 2.32. The zero-order valence-corrected chi connectivity index (χ0v) is 23.4. The van der Waals surface area contributed by atoms with Crippen LogP contribution in [-0.4, -0.2) is 60.2 Å². The topological polar surface area (TPSA) is 111 Å². The van der Waals surface area contributed by atoms with Gasteiger partial charge in [-0.15, -0.1) is 0 Å². The molecule has 2 aliphatic heterocycles. The van der Waals surface area contributed by atoms with Gasteiger partial charge in [0, 0.05) is 53.9 Å². The van der Waals surface area contributed by atoms with Crippen LogP contribution < -0.4 is 16.4 Å². The second-order valence-corrected chi connectivity index (χ2v) is 11.6. The number of nitrogens with two attached hydrogens (primary N) is 1. The Morgan fingerprint density at radius 1 is 1.31 bits per heavy atom. The van der Waals surface area contributed by atoms with Gasteiger partial charge in [-0.05, 0) is 96.1 Å². The van der Waals surface area contributed by atoms with Gasteiger partial charge in [0.25, 0.3) is 0 Å². The number of carbonyl (C=O) groups excluding carboxylic acids is 1. The molecule has 8 heteroatoms. The molecule has 3 aliphatic rings. The predicted molar refractivity (Wildman–Crippen MR) is 160 cm³/mol. The van der Waals surface area contributed by atoms with E-state index < -0.39 is 5.41 Å². The second kappa shape index (κ2) is 12.3. The smallest absolute Gasteiger partial charge is 0.235 e. The Morgan fingerprint density at radius 2 is 2.15 bits per heavy atom. The molecular weight excluding hydrogens is 486 g/mol. The van der Waals surface area contributed by atoms with Crippen molar-refractivity contribution < 1.29 is 4.79 Å². The highest BCUT2D eigenvalue weighted by atomic mass is 16.2. The molecule has 39 heavy (non-hydrogen) atoms. The lowest BCUT2D eigenvalue weighted by Crippen LogP contribution is -2.33. The molecule has 2 aromatic rings. The predicted octanol–water partition coefficient (Wildman–Crippen LogP) is 4.85. The summed E-state index contributed by atoms with van der Waals surface area (Å²) < 4.78 is 0. The van der Waals surface area contributed by atoms with Crippen LogP contribution in [0.25, 0.3) is 10.9 Å². The van der Waals surface area contributed by atoms with E-state index in [0.717, 1.165) is 67.0 Å². The average molecular weight is 530 g/mol. The lowest BCUT2D eigenvalue weighted by atomic mass is 9.80. The van der Waals surface area contributed by atoms with Crippen LogP contribution in [0.1, 0.15) is 63.6 Å². The van der Waals surface area contributed by atoms with E-state index in [0.29, 0.717) is 18.3 Å². The van der Waals surface area contributed by atoms with Gasteiger partial charge < -0.3 is 21.4 Å². The van der Waals surface area contributed by atoms with Crippen LogP contribution in [0.15, 0.2) is 58.9 Å². The van der Waals surface area contributed by atoms with Crippen molar-refractivity contribution in [3.05, 3.63) is 59.6 Å². The zero-order chi connectivity index (χ0) is 27.2. The SMILES string of the molecule is CN1CCCC1c1cc2cnc(NC(=O)C3(C)C=CC(/C(C=NCCCC4CCNCC4)=C/N)=CC3)cc2[nH]1. The van der Waals surface area contributed by atoms with E-state index in [2.05, 4.69) is 49.7 Å². The normalized spacial score (nSPS) is 25.0. The summed E-state index contributed by atoms with van der Waals surface area (Å²) in [6, 6.07) is 4.53. The van der Waals surface area contributed by atoms with Crippen LogP contribution in [0, 0.1) is 11.3 Å². The van der Waals surface area contributed by atoms with Crippen molar-refractivity contribution in [2.45, 2.75) is 57.9 Å². The third-order valence-corrected chi connectivity index (χ3v) is 8.64. The first-order valence-electron chi connectivity index (χ1n) is 14.5.